The van der Waals surface area contributed by atoms with Gasteiger partial charge >= 0.3 is 24.2 Å². The van der Waals surface area contributed by atoms with Crippen molar-refractivity contribution in [2.24, 2.45) is 0 Å². The minimum absolute atomic E-state index is 0.0107. The minimum Gasteiger partial charge on any atom is -0.341 e. The number of carbonyl (C=O) groups is 3. The lowest BCUT2D eigenvalue weighted by Crippen LogP contribution is -2.49. The van der Waals surface area contributed by atoms with Crippen molar-refractivity contribution in [3.63, 3.8) is 0 Å². The topological polar surface area (TPSA) is 91.6 Å². The molecule has 3 amide bonds. The highest BCUT2D eigenvalue weighted by Gasteiger charge is 2.37. The highest BCUT2D eigenvalue weighted by Crippen LogP contribution is 2.38. The zero-order valence-corrected chi connectivity index (χ0v) is 18.3. The van der Waals surface area contributed by atoms with Gasteiger partial charge in [-0.1, -0.05) is 0 Å². The first-order valence-electron chi connectivity index (χ1n) is 9.92. The molecule has 2 aromatic rings. The summed E-state index contributed by atoms with van der Waals surface area (Å²) in [7, 11) is 2.76. The van der Waals surface area contributed by atoms with E-state index in [1.807, 2.05) is 0 Å². The molecule has 0 radical (unpaired) electrons. The third kappa shape index (κ3) is 5.78. The fourth-order valence-electron chi connectivity index (χ4n) is 3.14. The Morgan fingerprint density at radius 2 is 1.51 bits per heavy atom. The third-order valence-electron chi connectivity index (χ3n) is 4.83. The molecule has 1 fully saturated rings. The lowest BCUT2D eigenvalue weighted by atomic mass is 10.0. The van der Waals surface area contributed by atoms with Gasteiger partial charge < -0.3 is 4.90 Å². The predicted octanol–water partition coefficient (Wildman–Crippen LogP) is 2.52. The smallest absolute Gasteiger partial charge is 0.341 e. The van der Waals surface area contributed by atoms with Crippen LogP contribution >= 0.6 is 0 Å². The molecular weight excluding hydrogens is 486 g/mol. The summed E-state index contributed by atoms with van der Waals surface area (Å²) in [5, 5.41) is 5.83. The van der Waals surface area contributed by atoms with Gasteiger partial charge in [0.25, 0.3) is 5.91 Å². The molecule has 0 unspecified atom stereocenters. The Balaban J connectivity index is 1.82. The van der Waals surface area contributed by atoms with Crippen LogP contribution in [0.3, 0.4) is 0 Å². The Labute approximate surface area is 194 Å². The quantitative estimate of drug-likeness (QED) is 0.364. The van der Waals surface area contributed by atoms with Crippen LogP contribution in [0.4, 0.5) is 26.3 Å². The second-order valence-electron chi connectivity index (χ2n) is 7.60. The van der Waals surface area contributed by atoms with E-state index in [0.717, 1.165) is 38.2 Å². The molecule has 0 bridgehead atoms. The fourth-order valence-corrected chi connectivity index (χ4v) is 3.14. The van der Waals surface area contributed by atoms with E-state index in [9.17, 15) is 40.7 Å². The molecule has 0 spiro atoms. The highest BCUT2D eigenvalue weighted by atomic mass is 19.4. The number of hydrazine groups is 1. The number of nitrogens with zero attached hydrogens (tertiary/aromatic N) is 6. The number of hydrogen-bond donors (Lipinski definition) is 0. The van der Waals surface area contributed by atoms with Crippen LogP contribution in [0.5, 0.6) is 0 Å². The number of halogens is 6. The molecule has 2 heterocycles. The van der Waals surface area contributed by atoms with Crippen molar-refractivity contribution in [1.82, 2.24) is 29.7 Å². The molecule has 1 aromatic heterocycles. The Hall–Kier alpha value is -3.91. The third-order valence-corrected chi connectivity index (χ3v) is 4.83. The van der Waals surface area contributed by atoms with Crippen molar-refractivity contribution in [3.8, 4) is 11.4 Å². The largest absolute Gasteiger partial charge is 0.416 e. The first-order valence-corrected chi connectivity index (χ1v) is 9.92. The average molecular weight is 504 g/mol. The summed E-state index contributed by atoms with van der Waals surface area (Å²) in [6, 6.07) is 0.960. The van der Waals surface area contributed by atoms with Crippen LogP contribution in [0, 0.1) is 0 Å². The first-order chi connectivity index (χ1) is 16.2. The van der Waals surface area contributed by atoms with Crippen molar-refractivity contribution >= 4 is 23.9 Å². The summed E-state index contributed by atoms with van der Waals surface area (Å²) in [4.78, 5) is 41.5. The summed E-state index contributed by atoms with van der Waals surface area (Å²) in [5.41, 5.74) is -3.56. The van der Waals surface area contributed by atoms with Gasteiger partial charge in [-0.2, -0.15) is 26.3 Å². The Morgan fingerprint density at radius 1 is 0.943 bits per heavy atom. The molecule has 0 N–H and O–H groups in total. The van der Waals surface area contributed by atoms with Gasteiger partial charge in [-0.25, -0.2) is 19.7 Å². The highest BCUT2D eigenvalue weighted by molar-refractivity contribution is 6.34. The molecule has 1 aliphatic heterocycles. The van der Waals surface area contributed by atoms with E-state index in [4.69, 9.17) is 0 Å². The Bertz CT molecular complexity index is 1140. The monoisotopic (exact) mass is 504 g/mol. The minimum atomic E-state index is -5.03. The van der Waals surface area contributed by atoms with Gasteiger partial charge in [0.2, 0.25) is 0 Å². The zero-order chi connectivity index (χ0) is 26.1. The maximum atomic E-state index is 13.1. The molecule has 3 rings (SSSR count). The molecule has 0 atom stereocenters. The van der Waals surface area contributed by atoms with E-state index in [-0.39, 0.29) is 19.2 Å². The van der Waals surface area contributed by atoms with Crippen LogP contribution in [0.2, 0.25) is 0 Å². The van der Waals surface area contributed by atoms with Crippen molar-refractivity contribution in [2.75, 3.05) is 27.2 Å². The van der Waals surface area contributed by atoms with Gasteiger partial charge in [-0.15, -0.1) is 5.10 Å². The van der Waals surface area contributed by atoms with Crippen molar-refractivity contribution in [3.05, 3.63) is 41.7 Å². The number of benzene rings is 1. The molecule has 35 heavy (non-hydrogen) atoms. The van der Waals surface area contributed by atoms with Crippen molar-refractivity contribution in [1.29, 1.82) is 0 Å². The van der Waals surface area contributed by atoms with E-state index >= 15 is 0 Å². The lowest BCUT2D eigenvalue weighted by molar-refractivity contribution is -0.162. The summed E-state index contributed by atoms with van der Waals surface area (Å²) >= 11 is 0. The second kappa shape index (κ2) is 9.38. The summed E-state index contributed by atoms with van der Waals surface area (Å²) < 4.78 is 79.4. The van der Waals surface area contributed by atoms with E-state index < -0.39 is 52.6 Å². The van der Waals surface area contributed by atoms with E-state index in [0.29, 0.717) is 18.6 Å². The van der Waals surface area contributed by atoms with Crippen LogP contribution in [-0.2, 0) is 26.7 Å². The van der Waals surface area contributed by atoms with E-state index in [1.165, 1.54) is 14.1 Å². The SMILES string of the molecule is CN(C)C(=O)C(=O)N1CCCN1C(=O)/C=C\n1cnc(-c2cc(C(F)(F)F)cc(C(F)(F)F)c2)n1. The number of aromatic nitrogens is 3. The molecule has 9 nitrogen and oxygen atoms in total. The van der Waals surface area contributed by atoms with Crippen molar-refractivity contribution < 1.29 is 40.7 Å². The Kier molecular flexibility index (Phi) is 6.89. The predicted molar refractivity (Wildman–Crippen MR) is 108 cm³/mol. The van der Waals surface area contributed by atoms with Gasteiger partial charge in [0.05, 0.1) is 11.1 Å². The van der Waals surface area contributed by atoms with Crippen LogP contribution in [0.25, 0.3) is 17.6 Å². The van der Waals surface area contributed by atoms with Crippen LogP contribution in [-0.4, -0.2) is 74.6 Å². The molecule has 0 saturated carbocycles. The molecular formula is C20H18F6N6O3. The molecule has 188 valence electrons. The summed E-state index contributed by atoms with van der Waals surface area (Å²) in [6.07, 6.45) is -6.62. The number of alkyl halides is 6. The number of likely N-dealkylation sites (N-methyl/N-ethyl adjacent to an activating group) is 1. The Morgan fingerprint density at radius 3 is 2.06 bits per heavy atom. The maximum absolute atomic E-state index is 13.1. The average Bonchev–Trinajstić information content (AvgIpc) is 3.44. The van der Waals surface area contributed by atoms with Crippen LogP contribution in [0.1, 0.15) is 17.5 Å². The van der Waals surface area contributed by atoms with Crippen molar-refractivity contribution in [2.45, 2.75) is 18.8 Å². The standard InChI is InChI=1S/C20H18F6N6O3/c1-29(2)17(34)18(35)32-6-3-5-31(32)15(33)4-7-30-11-27-16(28-30)12-8-13(19(21,22)23)10-14(9-12)20(24,25)26/h4,7-11H,3,5-6H2,1-2H3/b7-4-. The number of amides is 3. The molecule has 1 aromatic carbocycles. The number of carbonyl (C=O) groups excluding carboxylic acids is 3. The second-order valence-corrected chi connectivity index (χ2v) is 7.60. The molecule has 15 heteroatoms. The fraction of sp³-hybridized carbons (Fsp3) is 0.350. The lowest BCUT2D eigenvalue weighted by Gasteiger charge is -2.27. The van der Waals surface area contributed by atoms with Gasteiger partial charge in [0.1, 0.15) is 6.33 Å². The van der Waals surface area contributed by atoms with E-state index in [1.54, 1.807) is 0 Å². The van der Waals surface area contributed by atoms with Gasteiger partial charge in [-0.3, -0.25) is 14.4 Å². The van der Waals surface area contributed by atoms with Crippen LogP contribution < -0.4 is 0 Å². The van der Waals surface area contributed by atoms with Crippen LogP contribution in [0.15, 0.2) is 30.6 Å². The van der Waals surface area contributed by atoms with E-state index in [2.05, 4.69) is 10.1 Å². The summed E-state index contributed by atoms with van der Waals surface area (Å²) in [6.45, 7) is 0.297. The first kappa shape index (κ1) is 25.7. The molecule has 1 aliphatic rings. The molecule has 1 saturated heterocycles. The maximum Gasteiger partial charge on any atom is 0.416 e. The van der Waals surface area contributed by atoms with Gasteiger partial charge in [0, 0.05) is 45.0 Å². The normalized spacial score (nSPS) is 14.6. The van der Waals surface area contributed by atoms with Gasteiger partial charge in [-0.05, 0) is 24.6 Å². The number of rotatable bonds is 3. The summed E-state index contributed by atoms with van der Waals surface area (Å²) in [5.74, 6) is -2.86. The number of hydrogen-bond acceptors (Lipinski definition) is 5. The zero-order valence-electron chi connectivity index (χ0n) is 18.3. The molecule has 0 aliphatic carbocycles. The van der Waals surface area contributed by atoms with Gasteiger partial charge in [0.15, 0.2) is 5.82 Å².